The lowest BCUT2D eigenvalue weighted by molar-refractivity contribution is 0.0940. The maximum Gasteiger partial charge on any atom is 0.273 e. The number of thiocarbonyl (C=S) groups is 1. The second-order valence-electron chi connectivity index (χ2n) is 4.45. The van der Waals surface area contributed by atoms with E-state index in [1.807, 2.05) is 30.3 Å². The van der Waals surface area contributed by atoms with Gasteiger partial charge in [-0.25, -0.2) is 0 Å². The molecule has 0 saturated heterocycles. The number of ether oxygens (including phenoxy) is 1. The van der Waals surface area contributed by atoms with Crippen LogP contribution in [0.15, 0.2) is 54.6 Å². The second-order valence-corrected chi connectivity index (χ2v) is 4.86. The number of para-hydroxylation sites is 1. The van der Waals surface area contributed by atoms with Crippen molar-refractivity contribution in [2.75, 3.05) is 7.11 Å². The van der Waals surface area contributed by atoms with Gasteiger partial charge < -0.3 is 10.1 Å². The molecule has 0 heterocycles. The molecule has 2 aromatic carbocycles. The molecule has 2 aromatic rings. The summed E-state index contributed by atoms with van der Waals surface area (Å²) >= 11 is 5.11. The van der Waals surface area contributed by atoms with E-state index in [9.17, 15) is 4.79 Å². The van der Waals surface area contributed by atoms with Crippen LogP contribution in [-0.4, -0.2) is 18.1 Å². The van der Waals surface area contributed by atoms with E-state index in [2.05, 4.69) is 16.2 Å². The average molecular weight is 315 g/mol. The van der Waals surface area contributed by atoms with Crippen molar-refractivity contribution in [3.05, 3.63) is 65.7 Å². The molecular formula is C16H17N3O2S. The van der Waals surface area contributed by atoms with Crippen molar-refractivity contribution in [1.82, 2.24) is 16.2 Å². The number of carbonyl (C=O) groups excluding carboxylic acids is 1. The van der Waals surface area contributed by atoms with Crippen molar-refractivity contribution in [3.8, 4) is 5.75 Å². The summed E-state index contributed by atoms with van der Waals surface area (Å²) in [5, 5.41) is 3.35. The third kappa shape index (κ3) is 4.46. The first-order chi connectivity index (χ1) is 10.7. The minimum absolute atomic E-state index is 0.318. The fraction of sp³-hybridized carbons (Fsp3) is 0.125. The summed E-state index contributed by atoms with van der Waals surface area (Å²) in [5.74, 6) is 0.186. The highest BCUT2D eigenvalue weighted by molar-refractivity contribution is 7.80. The molecule has 0 fully saturated rings. The fourth-order valence-electron chi connectivity index (χ4n) is 1.84. The number of hydrogen-bond acceptors (Lipinski definition) is 3. The minimum atomic E-state index is -0.318. The highest BCUT2D eigenvalue weighted by Crippen LogP contribution is 2.16. The summed E-state index contributed by atoms with van der Waals surface area (Å²) in [6, 6.07) is 16.8. The first kappa shape index (κ1) is 15.8. The summed E-state index contributed by atoms with van der Waals surface area (Å²) in [5.41, 5.74) is 6.74. The third-order valence-electron chi connectivity index (χ3n) is 2.94. The molecule has 22 heavy (non-hydrogen) atoms. The average Bonchev–Trinajstić information content (AvgIpc) is 2.58. The Bertz CT molecular complexity index is 647. The Kier molecular flexibility index (Phi) is 5.73. The van der Waals surface area contributed by atoms with Gasteiger partial charge in [0.15, 0.2) is 5.11 Å². The Balaban J connectivity index is 1.82. The van der Waals surface area contributed by atoms with E-state index in [0.29, 0.717) is 23.0 Å². The zero-order valence-corrected chi connectivity index (χ0v) is 12.9. The number of methoxy groups -OCH3 is 1. The molecule has 0 spiro atoms. The van der Waals surface area contributed by atoms with Crippen LogP contribution < -0.4 is 20.9 Å². The molecule has 114 valence electrons. The molecular weight excluding hydrogens is 298 g/mol. The van der Waals surface area contributed by atoms with E-state index >= 15 is 0 Å². The van der Waals surface area contributed by atoms with E-state index in [0.717, 1.165) is 5.56 Å². The van der Waals surface area contributed by atoms with Crippen LogP contribution in [0, 0.1) is 0 Å². The summed E-state index contributed by atoms with van der Waals surface area (Å²) in [6.45, 7) is 0.581. The Morgan fingerprint density at radius 2 is 1.73 bits per heavy atom. The summed E-state index contributed by atoms with van der Waals surface area (Å²) in [4.78, 5) is 12.1. The molecule has 0 unspecified atom stereocenters. The van der Waals surface area contributed by atoms with Gasteiger partial charge >= 0.3 is 0 Å². The number of nitrogens with one attached hydrogen (secondary N) is 3. The normalized spacial score (nSPS) is 9.68. The van der Waals surface area contributed by atoms with Crippen molar-refractivity contribution in [2.45, 2.75) is 6.54 Å². The molecule has 0 saturated carbocycles. The zero-order valence-electron chi connectivity index (χ0n) is 12.1. The smallest absolute Gasteiger partial charge is 0.273 e. The van der Waals surface area contributed by atoms with E-state index in [-0.39, 0.29) is 5.91 Å². The number of hydrogen-bond donors (Lipinski definition) is 3. The van der Waals surface area contributed by atoms with Gasteiger partial charge in [0.25, 0.3) is 5.91 Å². The van der Waals surface area contributed by atoms with Gasteiger partial charge in [-0.05, 0) is 29.9 Å². The molecule has 6 heteroatoms. The van der Waals surface area contributed by atoms with E-state index in [1.54, 1.807) is 24.3 Å². The number of benzene rings is 2. The van der Waals surface area contributed by atoms with Gasteiger partial charge in [-0.1, -0.05) is 42.5 Å². The fourth-order valence-corrected chi connectivity index (χ4v) is 1.96. The van der Waals surface area contributed by atoms with Crippen LogP contribution in [0.4, 0.5) is 0 Å². The number of hydrazine groups is 1. The molecule has 0 bridgehead atoms. The zero-order chi connectivity index (χ0) is 15.8. The predicted octanol–water partition coefficient (Wildman–Crippen LogP) is 2.00. The van der Waals surface area contributed by atoms with Crippen molar-refractivity contribution in [1.29, 1.82) is 0 Å². The molecule has 0 atom stereocenters. The summed E-state index contributed by atoms with van der Waals surface area (Å²) in [7, 11) is 1.52. The second kappa shape index (κ2) is 7.99. The molecule has 3 N–H and O–H groups in total. The Morgan fingerprint density at radius 1 is 1.05 bits per heavy atom. The molecule has 2 rings (SSSR count). The molecule has 0 aromatic heterocycles. The number of carbonyl (C=O) groups is 1. The van der Waals surface area contributed by atoms with Gasteiger partial charge in [-0.2, -0.15) is 0 Å². The molecule has 1 amide bonds. The van der Waals surface area contributed by atoms with Crippen LogP contribution in [0.1, 0.15) is 15.9 Å². The van der Waals surface area contributed by atoms with Crippen molar-refractivity contribution in [2.24, 2.45) is 0 Å². The van der Waals surface area contributed by atoms with Gasteiger partial charge in [-0.15, -0.1) is 0 Å². The van der Waals surface area contributed by atoms with Crippen LogP contribution >= 0.6 is 12.2 Å². The Labute approximate surface area is 134 Å². The standard InChI is InChI=1S/C16H17N3O2S/c1-21-14-10-6-5-9-13(14)15(20)18-19-16(22)17-11-12-7-3-2-4-8-12/h2-10H,11H2,1H3,(H,18,20)(H2,17,19,22). The number of rotatable bonds is 4. The van der Waals surface area contributed by atoms with Gasteiger partial charge in [0, 0.05) is 6.54 Å². The van der Waals surface area contributed by atoms with Gasteiger partial charge in [0.1, 0.15) is 5.75 Å². The topological polar surface area (TPSA) is 62.4 Å². The summed E-state index contributed by atoms with van der Waals surface area (Å²) in [6.07, 6.45) is 0. The third-order valence-corrected chi connectivity index (χ3v) is 3.18. The summed E-state index contributed by atoms with van der Waals surface area (Å²) < 4.78 is 5.14. The van der Waals surface area contributed by atoms with Crippen molar-refractivity contribution in [3.63, 3.8) is 0 Å². The molecule has 0 radical (unpaired) electrons. The van der Waals surface area contributed by atoms with Gasteiger partial charge in [0.2, 0.25) is 0 Å². The van der Waals surface area contributed by atoms with Crippen LogP contribution in [0.5, 0.6) is 5.75 Å². The van der Waals surface area contributed by atoms with Crippen molar-refractivity contribution < 1.29 is 9.53 Å². The highest BCUT2D eigenvalue weighted by atomic mass is 32.1. The highest BCUT2D eigenvalue weighted by Gasteiger charge is 2.11. The van der Waals surface area contributed by atoms with E-state index < -0.39 is 0 Å². The van der Waals surface area contributed by atoms with Crippen LogP contribution in [0.25, 0.3) is 0 Å². The quantitative estimate of drug-likeness (QED) is 0.595. The number of amides is 1. The lowest BCUT2D eigenvalue weighted by Gasteiger charge is -2.13. The molecule has 0 aliphatic carbocycles. The van der Waals surface area contributed by atoms with Gasteiger partial charge in [0.05, 0.1) is 12.7 Å². The Hall–Kier alpha value is -2.60. The van der Waals surface area contributed by atoms with Crippen LogP contribution in [0.2, 0.25) is 0 Å². The SMILES string of the molecule is COc1ccccc1C(=O)NNC(=S)NCc1ccccc1. The lowest BCUT2D eigenvalue weighted by Crippen LogP contribution is -2.46. The van der Waals surface area contributed by atoms with E-state index in [4.69, 9.17) is 17.0 Å². The minimum Gasteiger partial charge on any atom is -0.496 e. The first-order valence-electron chi connectivity index (χ1n) is 6.72. The lowest BCUT2D eigenvalue weighted by atomic mass is 10.2. The molecule has 0 aliphatic rings. The first-order valence-corrected chi connectivity index (χ1v) is 7.12. The van der Waals surface area contributed by atoms with Crippen LogP contribution in [-0.2, 0) is 6.54 Å². The maximum absolute atomic E-state index is 12.1. The predicted molar refractivity (Wildman–Crippen MR) is 89.5 cm³/mol. The largest absolute Gasteiger partial charge is 0.496 e. The maximum atomic E-state index is 12.1. The van der Waals surface area contributed by atoms with E-state index in [1.165, 1.54) is 7.11 Å². The molecule has 0 aliphatic heterocycles. The monoisotopic (exact) mass is 315 g/mol. The Morgan fingerprint density at radius 3 is 2.45 bits per heavy atom. The van der Waals surface area contributed by atoms with Gasteiger partial charge in [-0.3, -0.25) is 15.6 Å². The van der Waals surface area contributed by atoms with Crippen molar-refractivity contribution >= 4 is 23.2 Å². The van der Waals surface area contributed by atoms with Crippen LogP contribution in [0.3, 0.4) is 0 Å². The molecule has 5 nitrogen and oxygen atoms in total.